The summed E-state index contributed by atoms with van der Waals surface area (Å²) in [5, 5.41) is 0. The third-order valence-corrected chi connectivity index (χ3v) is 4.11. The van der Waals surface area contributed by atoms with E-state index in [9.17, 15) is 9.59 Å². The summed E-state index contributed by atoms with van der Waals surface area (Å²) < 4.78 is 7.22. The van der Waals surface area contributed by atoms with Crippen molar-refractivity contribution in [3.05, 3.63) is 24.0 Å². The molecule has 0 unspecified atom stereocenters. The van der Waals surface area contributed by atoms with Crippen molar-refractivity contribution < 1.29 is 14.3 Å². The van der Waals surface area contributed by atoms with Crippen molar-refractivity contribution in [2.45, 2.75) is 33.6 Å². The Balaban J connectivity index is 2.44. The van der Waals surface area contributed by atoms with E-state index in [4.69, 9.17) is 10.5 Å². The molecule has 2 rings (SSSR count). The number of fused-ring (bicyclic) bond motifs is 1. The van der Waals surface area contributed by atoms with Gasteiger partial charge in [-0.25, -0.2) is 4.98 Å². The molecule has 2 aromatic heterocycles. The van der Waals surface area contributed by atoms with E-state index in [0.717, 1.165) is 12.8 Å². The molecule has 0 bridgehead atoms. The zero-order valence-electron chi connectivity index (χ0n) is 14.6. The first-order valence-electron chi connectivity index (χ1n) is 8.07. The highest BCUT2D eigenvalue weighted by Crippen LogP contribution is 2.28. The van der Waals surface area contributed by atoms with Crippen molar-refractivity contribution in [1.29, 1.82) is 0 Å². The maximum absolute atomic E-state index is 12.7. The molecule has 130 valence electrons. The van der Waals surface area contributed by atoms with Gasteiger partial charge in [0, 0.05) is 19.2 Å². The molecule has 0 aliphatic carbocycles. The van der Waals surface area contributed by atoms with E-state index in [0.29, 0.717) is 22.9 Å². The van der Waals surface area contributed by atoms with Crippen LogP contribution in [0.4, 0.5) is 5.82 Å². The number of nitrogens with two attached hydrogens (primary N) is 1. The van der Waals surface area contributed by atoms with Crippen LogP contribution in [0.15, 0.2) is 18.3 Å². The molecule has 0 aromatic carbocycles. The van der Waals surface area contributed by atoms with Gasteiger partial charge in [0.2, 0.25) is 5.91 Å². The number of amides is 2. The summed E-state index contributed by atoms with van der Waals surface area (Å²) >= 11 is 0. The van der Waals surface area contributed by atoms with Gasteiger partial charge in [0.25, 0.3) is 5.91 Å². The van der Waals surface area contributed by atoms with Crippen molar-refractivity contribution in [2.75, 3.05) is 18.6 Å². The summed E-state index contributed by atoms with van der Waals surface area (Å²) in [6.45, 7) is 5.65. The van der Waals surface area contributed by atoms with Crippen LogP contribution in [-0.2, 0) is 9.59 Å². The van der Waals surface area contributed by atoms with Crippen LogP contribution in [0.3, 0.4) is 0 Å². The molecule has 0 radical (unpaired) electrons. The van der Waals surface area contributed by atoms with Crippen LogP contribution in [0.2, 0.25) is 0 Å². The van der Waals surface area contributed by atoms with E-state index < -0.39 is 5.91 Å². The van der Waals surface area contributed by atoms with Gasteiger partial charge in [-0.15, -0.1) is 0 Å². The summed E-state index contributed by atoms with van der Waals surface area (Å²) in [6.07, 6.45) is 3.41. The molecular formula is C17H24N4O3. The molecule has 2 aromatic rings. The molecule has 0 atom stereocenters. The number of pyridine rings is 1. The van der Waals surface area contributed by atoms with Gasteiger partial charge in [0.05, 0.1) is 5.69 Å². The fourth-order valence-electron chi connectivity index (χ4n) is 2.83. The number of carbonyl (C=O) groups is 2. The van der Waals surface area contributed by atoms with E-state index in [1.807, 2.05) is 27.0 Å². The van der Waals surface area contributed by atoms with Crippen molar-refractivity contribution in [3.63, 3.8) is 0 Å². The van der Waals surface area contributed by atoms with Crippen LogP contribution in [0.25, 0.3) is 5.65 Å². The standard InChI is InChI=1S/C17H24N4O3/c1-5-12(6-2)17(23)20(4)16-11(3)19-15-13(24-10-14(18)22)8-7-9-21(15)16/h7-9,12H,5-6,10H2,1-4H3,(H2,18,22). The van der Waals surface area contributed by atoms with Crippen LogP contribution in [0, 0.1) is 12.8 Å². The SMILES string of the molecule is CCC(CC)C(=O)N(C)c1c(C)nc2c(OCC(N)=O)cccn12. The Morgan fingerprint density at radius 3 is 2.62 bits per heavy atom. The van der Waals surface area contributed by atoms with Crippen LogP contribution in [0.1, 0.15) is 32.4 Å². The van der Waals surface area contributed by atoms with E-state index in [2.05, 4.69) is 4.98 Å². The summed E-state index contributed by atoms with van der Waals surface area (Å²) in [5.74, 6) is 0.643. The summed E-state index contributed by atoms with van der Waals surface area (Å²) in [5.41, 5.74) is 6.39. The van der Waals surface area contributed by atoms with Gasteiger partial charge in [-0.05, 0) is 31.9 Å². The van der Waals surface area contributed by atoms with Gasteiger partial charge in [0.15, 0.2) is 18.0 Å². The molecular weight excluding hydrogens is 308 g/mol. The first kappa shape index (κ1) is 17.8. The Morgan fingerprint density at radius 2 is 2.04 bits per heavy atom. The summed E-state index contributed by atoms with van der Waals surface area (Å²) in [6, 6.07) is 3.50. The Kier molecular flexibility index (Phi) is 5.43. The van der Waals surface area contributed by atoms with E-state index in [-0.39, 0.29) is 18.4 Å². The molecule has 0 aliphatic heterocycles. The molecule has 0 spiro atoms. The van der Waals surface area contributed by atoms with Crippen molar-refractivity contribution >= 4 is 23.3 Å². The molecule has 0 fully saturated rings. The summed E-state index contributed by atoms with van der Waals surface area (Å²) in [4.78, 5) is 29.8. The number of hydrogen-bond acceptors (Lipinski definition) is 4. The van der Waals surface area contributed by atoms with Gasteiger partial charge in [-0.1, -0.05) is 13.8 Å². The Bertz CT molecular complexity index is 750. The Morgan fingerprint density at radius 1 is 1.38 bits per heavy atom. The fraction of sp³-hybridized carbons (Fsp3) is 0.471. The lowest BCUT2D eigenvalue weighted by atomic mass is 10.0. The second-order valence-corrected chi connectivity index (χ2v) is 5.75. The average molecular weight is 332 g/mol. The number of hydrogen-bond donors (Lipinski definition) is 1. The smallest absolute Gasteiger partial charge is 0.255 e. The molecule has 7 heteroatoms. The molecule has 0 saturated carbocycles. The van der Waals surface area contributed by atoms with Gasteiger partial charge in [-0.2, -0.15) is 0 Å². The molecule has 0 saturated heterocycles. The molecule has 2 amide bonds. The second kappa shape index (κ2) is 7.33. The highest BCUT2D eigenvalue weighted by atomic mass is 16.5. The highest BCUT2D eigenvalue weighted by Gasteiger charge is 2.24. The lowest BCUT2D eigenvalue weighted by Crippen LogP contribution is -2.33. The zero-order valence-corrected chi connectivity index (χ0v) is 14.6. The Labute approximate surface area is 141 Å². The topological polar surface area (TPSA) is 89.9 Å². The molecule has 2 N–H and O–H groups in total. The van der Waals surface area contributed by atoms with E-state index in [1.165, 1.54) is 0 Å². The van der Waals surface area contributed by atoms with E-state index in [1.54, 1.807) is 28.5 Å². The van der Waals surface area contributed by atoms with Crippen LogP contribution < -0.4 is 15.4 Å². The third kappa shape index (κ3) is 3.34. The number of anilines is 1. The lowest BCUT2D eigenvalue weighted by molar-refractivity contribution is -0.122. The molecule has 2 heterocycles. The highest BCUT2D eigenvalue weighted by molar-refractivity contribution is 5.94. The first-order chi connectivity index (χ1) is 11.4. The minimum atomic E-state index is -0.554. The third-order valence-electron chi connectivity index (χ3n) is 4.11. The number of rotatable bonds is 7. The maximum atomic E-state index is 12.7. The normalized spacial score (nSPS) is 11.0. The number of aromatic nitrogens is 2. The quantitative estimate of drug-likeness (QED) is 0.838. The zero-order chi connectivity index (χ0) is 17.9. The van der Waals surface area contributed by atoms with Crippen molar-refractivity contribution in [1.82, 2.24) is 9.38 Å². The first-order valence-corrected chi connectivity index (χ1v) is 8.07. The van der Waals surface area contributed by atoms with Crippen molar-refractivity contribution in [2.24, 2.45) is 11.7 Å². The molecule has 7 nitrogen and oxygen atoms in total. The predicted octanol–water partition coefficient (Wildman–Crippen LogP) is 1.91. The Hall–Kier alpha value is -2.57. The maximum Gasteiger partial charge on any atom is 0.255 e. The van der Waals surface area contributed by atoms with Crippen LogP contribution in [0.5, 0.6) is 5.75 Å². The van der Waals surface area contributed by atoms with Crippen LogP contribution >= 0.6 is 0 Å². The fourth-order valence-corrected chi connectivity index (χ4v) is 2.83. The molecule has 0 aliphatic rings. The summed E-state index contributed by atoms with van der Waals surface area (Å²) in [7, 11) is 1.76. The number of ether oxygens (including phenoxy) is 1. The largest absolute Gasteiger partial charge is 0.480 e. The van der Waals surface area contributed by atoms with E-state index >= 15 is 0 Å². The number of imidazole rings is 1. The average Bonchev–Trinajstić information content (AvgIpc) is 2.89. The number of carbonyl (C=O) groups excluding carboxylic acids is 2. The van der Waals surface area contributed by atoms with Gasteiger partial charge < -0.3 is 10.5 Å². The minimum absolute atomic E-state index is 0.0192. The number of aryl methyl sites for hydroxylation is 1. The van der Waals surface area contributed by atoms with Gasteiger partial charge in [0.1, 0.15) is 5.82 Å². The van der Waals surface area contributed by atoms with Crippen LogP contribution in [-0.4, -0.2) is 34.9 Å². The number of nitrogens with zero attached hydrogens (tertiary/aromatic N) is 3. The van der Waals surface area contributed by atoms with Gasteiger partial charge in [-0.3, -0.25) is 18.9 Å². The second-order valence-electron chi connectivity index (χ2n) is 5.75. The van der Waals surface area contributed by atoms with Gasteiger partial charge >= 0.3 is 0 Å². The molecule has 24 heavy (non-hydrogen) atoms. The number of primary amides is 1. The minimum Gasteiger partial charge on any atom is -0.480 e. The monoisotopic (exact) mass is 332 g/mol. The van der Waals surface area contributed by atoms with Crippen molar-refractivity contribution in [3.8, 4) is 5.75 Å². The lowest BCUT2D eigenvalue weighted by Gasteiger charge is -2.22. The predicted molar refractivity (Wildman–Crippen MR) is 92.1 cm³/mol.